The lowest BCUT2D eigenvalue weighted by Gasteiger charge is -1.94. The standard InChI is InChI=1S/C5H10O2Si/c1-8-4-6-2-5-3-7-5/h5H,2-4H2,1H3. The van der Waals surface area contributed by atoms with Crippen LogP contribution in [0.1, 0.15) is 0 Å². The number of hydrogen-bond acceptors (Lipinski definition) is 2. The first-order valence-electron chi connectivity index (χ1n) is 2.77. The van der Waals surface area contributed by atoms with Gasteiger partial charge in [0.1, 0.15) is 6.10 Å². The van der Waals surface area contributed by atoms with Crippen LogP contribution in [0.4, 0.5) is 0 Å². The third-order valence-electron chi connectivity index (χ3n) is 0.953. The van der Waals surface area contributed by atoms with Crippen LogP contribution in [0.2, 0.25) is 6.55 Å². The zero-order valence-electron chi connectivity index (χ0n) is 5.02. The van der Waals surface area contributed by atoms with Gasteiger partial charge in [0.2, 0.25) is 0 Å². The van der Waals surface area contributed by atoms with E-state index in [9.17, 15) is 0 Å². The summed E-state index contributed by atoms with van der Waals surface area (Å²) in [4.78, 5) is 0. The minimum absolute atomic E-state index is 0.436. The molecule has 1 saturated heterocycles. The van der Waals surface area contributed by atoms with Crippen molar-refractivity contribution in [3.05, 3.63) is 0 Å². The third kappa shape index (κ3) is 2.45. The van der Waals surface area contributed by atoms with Crippen LogP contribution in [0.25, 0.3) is 0 Å². The first-order chi connectivity index (χ1) is 3.93. The monoisotopic (exact) mass is 130 g/mol. The number of epoxide rings is 1. The van der Waals surface area contributed by atoms with Crippen molar-refractivity contribution in [2.45, 2.75) is 12.7 Å². The van der Waals surface area contributed by atoms with Gasteiger partial charge in [0.05, 0.1) is 22.7 Å². The summed E-state index contributed by atoms with van der Waals surface area (Å²) in [7, 11) is 0.907. The van der Waals surface area contributed by atoms with Crippen molar-refractivity contribution in [1.29, 1.82) is 0 Å². The molecule has 46 valence electrons. The van der Waals surface area contributed by atoms with E-state index in [1.54, 1.807) is 0 Å². The van der Waals surface area contributed by atoms with Crippen molar-refractivity contribution in [2.24, 2.45) is 0 Å². The van der Waals surface area contributed by atoms with Crippen molar-refractivity contribution in [1.82, 2.24) is 0 Å². The molecule has 0 aromatic heterocycles. The van der Waals surface area contributed by atoms with Gasteiger partial charge in [-0.1, -0.05) is 6.55 Å². The first-order valence-corrected chi connectivity index (χ1v) is 4.48. The molecule has 8 heavy (non-hydrogen) atoms. The summed E-state index contributed by atoms with van der Waals surface area (Å²) in [5, 5.41) is 0. The summed E-state index contributed by atoms with van der Waals surface area (Å²) in [6.07, 6.45) is 1.34. The maximum absolute atomic E-state index is 5.19. The highest BCUT2D eigenvalue weighted by molar-refractivity contribution is 6.33. The summed E-state index contributed by atoms with van der Waals surface area (Å²) in [5.41, 5.74) is 0. The number of rotatable bonds is 4. The second-order valence-electron chi connectivity index (χ2n) is 1.82. The van der Waals surface area contributed by atoms with Crippen molar-refractivity contribution < 1.29 is 9.47 Å². The van der Waals surface area contributed by atoms with Crippen LogP contribution in [0, 0.1) is 0 Å². The molecule has 0 bridgehead atoms. The van der Waals surface area contributed by atoms with Crippen LogP contribution >= 0.6 is 0 Å². The molecular weight excluding hydrogens is 120 g/mol. The highest BCUT2D eigenvalue weighted by Crippen LogP contribution is 2.07. The molecular formula is C5H10O2Si. The van der Waals surface area contributed by atoms with Crippen LogP contribution < -0.4 is 0 Å². The predicted octanol–water partition coefficient (Wildman–Crippen LogP) is 0.112. The van der Waals surface area contributed by atoms with Crippen LogP contribution in [-0.4, -0.2) is 35.1 Å². The van der Waals surface area contributed by atoms with E-state index in [4.69, 9.17) is 9.47 Å². The van der Waals surface area contributed by atoms with Crippen LogP contribution in [0.3, 0.4) is 0 Å². The van der Waals surface area contributed by atoms with E-state index in [1.165, 1.54) is 0 Å². The predicted molar refractivity (Wildman–Crippen MR) is 32.2 cm³/mol. The topological polar surface area (TPSA) is 21.8 Å². The number of ether oxygens (including phenoxy) is 2. The Labute approximate surface area is 52.0 Å². The Hall–Kier alpha value is 0.137. The molecule has 1 rings (SSSR count). The molecule has 0 spiro atoms. The Morgan fingerprint density at radius 1 is 1.88 bits per heavy atom. The molecule has 0 saturated carbocycles. The Kier molecular flexibility index (Phi) is 2.52. The van der Waals surface area contributed by atoms with E-state index in [2.05, 4.69) is 6.55 Å². The molecule has 0 aliphatic carbocycles. The average molecular weight is 130 g/mol. The van der Waals surface area contributed by atoms with Gasteiger partial charge in [-0.25, -0.2) is 0 Å². The van der Waals surface area contributed by atoms with E-state index in [1.807, 2.05) is 0 Å². The molecule has 2 nitrogen and oxygen atoms in total. The third-order valence-corrected chi connectivity index (χ3v) is 1.45. The largest absolute Gasteiger partial charge is 0.383 e. The number of hydrogen-bond donors (Lipinski definition) is 0. The average Bonchev–Trinajstić information content (AvgIpc) is 2.51. The van der Waals surface area contributed by atoms with Crippen LogP contribution in [0.15, 0.2) is 0 Å². The summed E-state index contributed by atoms with van der Waals surface area (Å²) in [6.45, 7) is 3.85. The molecule has 1 atom stereocenters. The van der Waals surface area contributed by atoms with Crippen molar-refractivity contribution >= 4 is 9.52 Å². The summed E-state index contributed by atoms with van der Waals surface area (Å²) < 4.78 is 10.1. The molecule has 0 aromatic rings. The summed E-state index contributed by atoms with van der Waals surface area (Å²) in [6, 6.07) is 0. The molecule has 1 aliphatic rings. The fraction of sp³-hybridized carbons (Fsp3) is 1.00. The molecule has 1 aliphatic heterocycles. The van der Waals surface area contributed by atoms with Gasteiger partial charge in [0.25, 0.3) is 0 Å². The first kappa shape index (κ1) is 6.26. The lowest BCUT2D eigenvalue weighted by atomic mass is 10.5. The highest BCUT2D eigenvalue weighted by atomic mass is 28.2. The lowest BCUT2D eigenvalue weighted by Crippen LogP contribution is -2.05. The Morgan fingerprint density at radius 2 is 2.62 bits per heavy atom. The molecule has 2 radical (unpaired) electrons. The smallest absolute Gasteiger partial charge is 0.104 e. The molecule has 1 fully saturated rings. The Bertz CT molecular complexity index is 63.4. The second kappa shape index (κ2) is 3.22. The maximum atomic E-state index is 5.19. The van der Waals surface area contributed by atoms with E-state index >= 15 is 0 Å². The van der Waals surface area contributed by atoms with Crippen molar-refractivity contribution in [2.75, 3.05) is 19.4 Å². The van der Waals surface area contributed by atoms with E-state index in [0.29, 0.717) is 6.10 Å². The lowest BCUT2D eigenvalue weighted by molar-refractivity contribution is 0.153. The highest BCUT2D eigenvalue weighted by Gasteiger charge is 2.21. The van der Waals surface area contributed by atoms with Gasteiger partial charge in [-0.3, -0.25) is 0 Å². The zero-order valence-corrected chi connectivity index (χ0v) is 6.02. The molecule has 0 aromatic carbocycles. The fourth-order valence-corrected chi connectivity index (χ4v) is 0.779. The Balaban J connectivity index is 1.74. The summed E-state index contributed by atoms with van der Waals surface area (Å²) in [5.74, 6) is 0. The Morgan fingerprint density at radius 3 is 3.12 bits per heavy atom. The molecule has 1 heterocycles. The van der Waals surface area contributed by atoms with Crippen LogP contribution in [-0.2, 0) is 9.47 Å². The normalized spacial score (nSPS) is 25.9. The maximum Gasteiger partial charge on any atom is 0.104 e. The molecule has 0 amide bonds. The fourth-order valence-electron chi connectivity index (χ4n) is 0.457. The van der Waals surface area contributed by atoms with E-state index in [-0.39, 0.29) is 0 Å². The molecule has 1 unspecified atom stereocenters. The molecule has 0 N–H and O–H groups in total. The minimum Gasteiger partial charge on any atom is -0.383 e. The SMILES string of the molecule is C[Si]COCC1CO1. The van der Waals surface area contributed by atoms with Crippen molar-refractivity contribution in [3.63, 3.8) is 0 Å². The van der Waals surface area contributed by atoms with Gasteiger partial charge in [-0.15, -0.1) is 0 Å². The quantitative estimate of drug-likeness (QED) is 0.306. The zero-order chi connectivity index (χ0) is 5.82. The van der Waals surface area contributed by atoms with Gasteiger partial charge in [-0.05, 0) is 0 Å². The van der Waals surface area contributed by atoms with E-state index in [0.717, 1.165) is 29.0 Å². The van der Waals surface area contributed by atoms with Gasteiger partial charge in [0, 0.05) is 6.23 Å². The van der Waals surface area contributed by atoms with Gasteiger partial charge >= 0.3 is 0 Å². The molecule has 3 heteroatoms. The van der Waals surface area contributed by atoms with E-state index < -0.39 is 0 Å². The van der Waals surface area contributed by atoms with Gasteiger partial charge < -0.3 is 9.47 Å². The second-order valence-corrected chi connectivity index (χ2v) is 2.82. The van der Waals surface area contributed by atoms with Crippen LogP contribution in [0.5, 0.6) is 0 Å². The minimum atomic E-state index is 0.436. The summed E-state index contributed by atoms with van der Waals surface area (Å²) >= 11 is 0. The van der Waals surface area contributed by atoms with Gasteiger partial charge in [0.15, 0.2) is 0 Å². The van der Waals surface area contributed by atoms with Crippen molar-refractivity contribution in [3.8, 4) is 0 Å². The van der Waals surface area contributed by atoms with Gasteiger partial charge in [-0.2, -0.15) is 0 Å².